The van der Waals surface area contributed by atoms with E-state index in [4.69, 9.17) is 5.73 Å². The predicted octanol–water partition coefficient (Wildman–Crippen LogP) is 2.05. The van der Waals surface area contributed by atoms with Crippen LogP contribution in [0.2, 0.25) is 0 Å². The number of halogens is 1. The fourth-order valence-corrected chi connectivity index (χ4v) is 3.00. The van der Waals surface area contributed by atoms with E-state index in [1.54, 1.807) is 6.07 Å². The maximum absolute atomic E-state index is 11.4. The van der Waals surface area contributed by atoms with Crippen LogP contribution in [0.3, 0.4) is 0 Å². The number of benzene rings is 1. The Morgan fingerprint density at radius 3 is 2.85 bits per heavy atom. The Labute approximate surface area is 125 Å². The molecule has 1 amide bonds. The Hall–Kier alpha value is -1.47. The number of carbonyl (C=O) groups excluding carboxylic acids is 1. The number of likely N-dealkylation sites (tertiary alicyclic amines) is 1. The van der Waals surface area contributed by atoms with Crippen molar-refractivity contribution in [3.63, 3.8) is 0 Å². The summed E-state index contributed by atoms with van der Waals surface area (Å²) in [4.78, 5) is 24.0. The zero-order valence-corrected chi connectivity index (χ0v) is 12.7. The van der Waals surface area contributed by atoms with Crippen LogP contribution in [0, 0.1) is 15.5 Å². The fourth-order valence-electron chi connectivity index (χ4n) is 2.46. The van der Waals surface area contributed by atoms with Gasteiger partial charge in [-0.1, -0.05) is 12.1 Å². The second kappa shape index (κ2) is 5.49. The van der Waals surface area contributed by atoms with E-state index in [0.29, 0.717) is 17.6 Å². The van der Waals surface area contributed by atoms with E-state index in [1.165, 1.54) is 6.07 Å². The third-order valence-electron chi connectivity index (χ3n) is 3.80. The van der Waals surface area contributed by atoms with Crippen LogP contribution in [-0.2, 0) is 11.3 Å². The Balaban J connectivity index is 2.15. The minimum Gasteiger partial charge on any atom is -0.369 e. The predicted molar refractivity (Wildman–Crippen MR) is 78.0 cm³/mol. The van der Waals surface area contributed by atoms with Gasteiger partial charge in [0.1, 0.15) is 0 Å². The lowest BCUT2D eigenvalue weighted by Gasteiger charge is -2.21. The third-order valence-corrected chi connectivity index (χ3v) is 4.71. The molecule has 20 heavy (non-hydrogen) atoms. The van der Waals surface area contributed by atoms with Gasteiger partial charge in [0.15, 0.2) is 0 Å². The van der Waals surface area contributed by atoms with E-state index in [0.717, 1.165) is 18.5 Å². The molecule has 6 nitrogen and oxygen atoms in total. The fraction of sp³-hybridized carbons (Fsp3) is 0.462. The van der Waals surface area contributed by atoms with Crippen LogP contribution >= 0.6 is 15.9 Å². The summed E-state index contributed by atoms with van der Waals surface area (Å²) in [6.07, 6.45) is 0.717. The SMILES string of the molecule is CC1(C(N)=O)CCN(Cc2cccc([N+](=O)[O-])c2Br)C1. The van der Waals surface area contributed by atoms with Crippen LogP contribution in [0.15, 0.2) is 22.7 Å². The maximum atomic E-state index is 11.4. The molecular weight excluding hydrogens is 326 g/mol. The van der Waals surface area contributed by atoms with Crippen molar-refractivity contribution in [3.8, 4) is 0 Å². The van der Waals surface area contributed by atoms with Crippen molar-refractivity contribution in [1.82, 2.24) is 4.90 Å². The quantitative estimate of drug-likeness (QED) is 0.670. The largest absolute Gasteiger partial charge is 0.369 e. The number of nitrogens with zero attached hydrogens (tertiary/aromatic N) is 2. The molecule has 1 aliphatic heterocycles. The van der Waals surface area contributed by atoms with Crippen molar-refractivity contribution >= 4 is 27.5 Å². The van der Waals surface area contributed by atoms with Gasteiger partial charge >= 0.3 is 0 Å². The van der Waals surface area contributed by atoms with Gasteiger partial charge in [-0.15, -0.1) is 0 Å². The van der Waals surface area contributed by atoms with Crippen LogP contribution in [-0.4, -0.2) is 28.8 Å². The van der Waals surface area contributed by atoms with E-state index in [9.17, 15) is 14.9 Å². The van der Waals surface area contributed by atoms with Crippen LogP contribution in [0.4, 0.5) is 5.69 Å². The van der Waals surface area contributed by atoms with Crippen LogP contribution in [0.5, 0.6) is 0 Å². The van der Waals surface area contributed by atoms with Crippen LogP contribution in [0.1, 0.15) is 18.9 Å². The van der Waals surface area contributed by atoms with Crippen molar-refractivity contribution in [1.29, 1.82) is 0 Å². The molecule has 1 aromatic rings. The number of nitro groups is 1. The van der Waals surface area contributed by atoms with Gasteiger partial charge in [0, 0.05) is 19.2 Å². The Morgan fingerprint density at radius 1 is 1.60 bits per heavy atom. The molecule has 1 atom stereocenters. The van der Waals surface area contributed by atoms with Crippen LogP contribution < -0.4 is 5.73 Å². The summed E-state index contributed by atoms with van der Waals surface area (Å²) in [6.45, 7) is 3.76. The van der Waals surface area contributed by atoms with Crippen molar-refractivity contribution in [2.24, 2.45) is 11.1 Å². The summed E-state index contributed by atoms with van der Waals surface area (Å²) in [5, 5.41) is 10.9. The lowest BCUT2D eigenvalue weighted by molar-refractivity contribution is -0.385. The minimum atomic E-state index is -0.507. The molecule has 1 saturated heterocycles. The van der Waals surface area contributed by atoms with Gasteiger partial charge < -0.3 is 5.73 Å². The molecule has 0 aliphatic carbocycles. The monoisotopic (exact) mass is 341 g/mol. The lowest BCUT2D eigenvalue weighted by atomic mass is 9.89. The zero-order valence-electron chi connectivity index (χ0n) is 11.1. The molecule has 0 aromatic heterocycles. The minimum absolute atomic E-state index is 0.0550. The molecular formula is C13H16BrN3O3. The maximum Gasteiger partial charge on any atom is 0.283 e. The molecule has 0 radical (unpaired) electrons. The number of nitro benzene ring substituents is 1. The van der Waals surface area contributed by atoms with Gasteiger partial charge in [0.2, 0.25) is 5.91 Å². The van der Waals surface area contributed by atoms with E-state index in [-0.39, 0.29) is 11.6 Å². The third kappa shape index (κ3) is 2.83. The van der Waals surface area contributed by atoms with Gasteiger partial charge in [-0.05, 0) is 41.4 Å². The molecule has 1 aliphatic rings. The summed E-state index contributed by atoms with van der Waals surface area (Å²) in [5.41, 5.74) is 5.81. The van der Waals surface area contributed by atoms with E-state index in [1.807, 2.05) is 13.0 Å². The number of amides is 1. The number of carbonyl (C=O) groups is 1. The Kier molecular flexibility index (Phi) is 4.10. The first-order valence-corrected chi connectivity index (χ1v) is 7.07. The standard InChI is InChI=1S/C13H16BrN3O3/c1-13(12(15)18)5-6-16(8-13)7-9-3-2-4-10(11(9)14)17(19)20/h2-4H,5-8H2,1H3,(H2,15,18). The number of primary amides is 1. The number of hydrogen-bond acceptors (Lipinski definition) is 4. The number of nitrogens with two attached hydrogens (primary N) is 1. The molecule has 7 heteroatoms. The highest BCUT2D eigenvalue weighted by Gasteiger charge is 2.38. The van der Waals surface area contributed by atoms with Crippen molar-refractivity contribution in [2.45, 2.75) is 19.9 Å². The summed E-state index contributed by atoms with van der Waals surface area (Å²) in [7, 11) is 0. The first-order valence-electron chi connectivity index (χ1n) is 6.27. The Bertz CT molecular complexity index is 564. The molecule has 1 aromatic carbocycles. The highest BCUT2D eigenvalue weighted by Crippen LogP contribution is 2.33. The molecule has 2 rings (SSSR count). The topological polar surface area (TPSA) is 89.5 Å². The molecule has 1 fully saturated rings. The molecule has 2 N–H and O–H groups in total. The average Bonchev–Trinajstić information content (AvgIpc) is 2.75. The van der Waals surface area contributed by atoms with Gasteiger partial charge in [0.25, 0.3) is 5.69 Å². The second-order valence-corrected chi connectivity index (χ2v) is 6.19. The first kappa shape index (κ1) is 14.9. The zero-order chi connectivity index (χ0) is 14.9. The highest BCUT2D eigenvalue weighted by atomic mass is 79.9. The van der Waals surface area contributed by atoms with Crippen molar-refractivity contribution < 1.29 is 9.72 Å². The Morgan fingerprint density at radius 2 is 2.30 bits per heavy atom. The first-order chi connectivity index (χ1) is 9.33. The van der Waals surface area contributed by atoms with Crippen molar-refractivity contribution in [2.75, 3.05) is 13.1 Å². The van der Waals surface area contributed by atoms with Gasteiger partial charge in [0.05, 0.1) is 14.8 Å². The van der Waals surface area contributed by atoms with E-state index < -0.39 is 10.3 Å². The molecule has 108 valence electrons. The average molecular weight is 342 g/mol. The number of rotatable bonds is 4. The molecule has 0 bridgehead atoms. The van der Waals surface area contributed by atoms with Gasteiger partial charge in [-0.2, -0.15) is 0 Å². The van der Waals surface area contributed by atoms with Gasteiger partial charge in [-0.25, -0.2) is 0 Å². The summed E-state index contributed by atoms with van der Waals surface area (Å²) in [5.74, 6) is -0.293. The second-order valence-electron chi connectivity index (χ2n) is 5.39. The van der Waals surface area contributed by atoms with Crippen molar-refractivity contribution in [3.05, 3.63) is 38.3 Å². The lowest BCUT2D eigenvalue weighted by Crippen LogP contribution is -2.36. The summed E-state index contributed by atoms with van der Waals surface area (Å²) < 4.78 is 0.498. The molecule has 1 unspecified atom stereocenters. The molecule has 0 spiro atoms. The van der Waals surface area contributed by atoms with Crippen LogP contribution in [0.25, 0.3) is 0 Å². The smallest absolute Gasteiger partial charge is 0.283 e. The summed E-state index contributed by atoms with van der Waals surface area (Å²) in [6, 6.07) is 4.98. The molecule has 0 saturated carbocycles. The van der Waals surface area contributed by atoms with Gasteiger partial charge in [-0.3, -0.25) is 19.8 Å². The van der Waals surface area contributed by atoms with E-state index in [2.05, 4.69) is 20.8 Å². The summed E-state index contributed by atoms with van der Waals surface area (Å²) >= 11 is 3.29. The molecule has 1 heterocycles. The number of hydrogen-bond donors (Lipinski definition) is 1. The highest BCUT2D eigenvalue weighted by molar-refractivity contribution is 9.10. The normalized spacial score (nSPS) is 22.9. The van der Waals surface area contributed by atoms with E-state index >= 15 is 0 Å².